The van der Waals surface area contributed by atoms with Gasteiger partial charge in [0.25, 0.3) is 0 Å². The molecule has 1 saturated carbocycles. The molecule has 1 aliphatic heterocycles. The Hall–Kier alpha value is -1.22. The van der Waals surface area contributed by atoms with Crippen LogP contribution in [0.3, 0.4) is 0 Å². The number of anilines is 1. The second-order valence-corrected chi connectivity index (χ2v) is 6.24. The molecule has 0 radical (unpaired) electrons. The predicted octanol–water partition coefficient (Wildman–Crippen LogP) is 3.17. The standard InChI is InChI=1S/C17H26N2O/c1-20-16-7-6-14(11-18)17(10-16)19-9-8-13-4-2-3-5-15(13)12-19/h6-7,10,13,15H,2-5,8-9,11-12,18H2,1H3. The highest BCUT2D eigenvalue weighted by Crippen LogP contribution is 2.38. The van der Waals surface area contributed by atoms with Crippen molar-refractivity contribution < 1.29 is 4.74 Å². The van der Waals surface area contributed by atoms with E-state index in [1.807, 2.05) is 6.07 Å². The van der Waals surface area contributed by atoms with Gasteiger partial charge in [0.2, 0.25) is 0 Å². The average Bonchev–Trinajstić information content (AvgIpc) is 2.53. The summed E-state index contributed by atoms with van der Waals surface area (Å²) in [7, 11) is 1.73. The number of hydrogen-bond donors (Lipinski definition) is 1. The van der Waals surface area contributed by atoms with Gasteiger partial charge < -0.3 is 15.4 Å². The Morgan fingerprint density at radius 1 is 1.20 bits per heavy atom. The monoisotopic (exact) mass is 274 g/mol. The fourth-order valence-corrected chi connectivity index (χ4v) is 3.96. The van der Waals surface area contributed by atoms with Crippen LogP contribution in [0.5, 0.6) is 5.75 Å². The van der Waals surface area contributed by atoms with Gasteiger partial charge in [-0.1, -0.05) is 25.3 Å². The lowest BCUT2D eigenvalue weighted by Gasteiger charge is -2.43. The van der Waals surface area contributed by atoms with Gasteiger partial charge in [0.05, 0.1) is 7.11 Å². The maximum absolute atomic E-state index is 5.91. The van der Waals surface area contributed by atoms with Gasteiger partial charge >= 0.3 is 0 Å². The smallest absolute Gasteiger partial charge is 0.120 e. The van der Waals surface area contributed by atoms with E-state index >= 15 is 0 Å². The third-order valence-corrected chi connectivity index (χ3v) is 5.14. The van der Waals surface area contributed by atoms with Crippen molar-refractivity contribution in [1.82, 2.24) is 0 Å². The molecule has 2 unspecified atom stereocenters. The van der Waals surface area contributed by atoms with Crippen molar-refractivity contribution in [3.05, 3.63) is 23.8 Å². The van der Waals surface area contributed by atoms with E-state index in [1.165, 1.54) is 56.4 Å². The topological polar surface area (TPSA) is 38.5 Å². The Labute approximate surface area is 122 Å². The minimum Gasteiger partial charge on any atom is -0.497 e. The van der Waals surface area contributed by atoms with Crippen LogP contribution in [-0.4, -0.2) is 20.2 Å². The van der Waals surface area contributed by atoms with Crippen molar-refractivity contribution in [2.24, 2.45) is 17.6 Å². The van der Waals surface area contributed by atoms with E-state index in [1.54, 1.807) is 7.11 Å². The molecule has 2 fully saturated rings. The minimum absolute atomic E-state index is 0.601. The summed E-state index contributed by atoms with van der Waals surface area (Å²) in [5, 5.41) is 0. The van der Waals surface area contributed by atoms with E-state index < -0.39 is 0 Å². The number of rotatable bonds is 3. The number of nitrogens with zero attached hydrogens (tertiary/aromatic N) is 1. The first-order chi connectivity index (χ1) is 9.81. The molecule has 3 nitrogen and oxygen atoms in total. The summed E-state index contributed by atoms with van der Waals surface area (Å²) in [6, 6.07) is 6.28. The molecular weight excluding hydrogens is 248 g/mol. The number of hydrogen-bond acceptors (Lipinski definition) is 3. The van der Waals surface area contributed by atoms with Gasteiger partial charge in [-0.2, -0.15) is 0 Å². The third kappa shape index (κ3) is 2.64. The Balaban J connectivity index is 1.81. The summed E-state index contributed by atoms with van der Waals surface area (Å²) in [5.74, 6) is 2.78. The molecule has 0 aromatic heterocycles. The SMILES string of the molecule is COc1ccc(CN)c(N2CCC3CCCCC3C2)c1. The van der Waals surface area contributed by atoms with Crippen LogP contribution < -0.4 is 15.4 Å². The Morgan fingerprint density at radius 2 is 2.00 bits per heavy atom. The zero-order valence-corrected chi connectivity index (χ0v) is 12.5. The average molecular weight is 274 g/mol. The summed E-state index contributed by atoms with van der Waals surface area (Å²) in [6.45, 7) is 2.97. The molecule has 1 aromatic rings. The lowest BCUT2D eigenvalue weighted by Crippen LogP contribution is -2.42. The van der Waals surface area contributed by atoms with E-state index in [0.29, 0.717) is 6.54 Å². The molecular formula is C17H26N2O. The minimum atomic E-state index is 0.601. The second kappa shape index (κ2) is 6.04. The van der Waals surface area contributed by atoms with Crippen LogP contribution >= 0.6 is 0 Å². The van der Waals surface area contributed by atoms with Gasteiger partial charge in [0.15, 0.2) is 0 Å². The Morgan fingerprint density at radius 3 is 2.75 bits per heavy atom. The highest BCUT2D eigenvalue weighted by Gasteiger charge is 2.31. The molecule has 0 spiro atoms. The van der Waals surface area contributed by atoms with Crippen molar-refractivity contribution in [2.45, 2.75) is 38.6 Å². The maximum Gasteiger partial charge on any atom is 0.120 e. The molecule has 3 rings (SSSR count). The summed E-state index contributed by atoms with van der Waals surface area (Å²) in [6.07, 6.45) is 7.04. The molecule has 2 N–H and O–H groups in total. The molecule has 1 heterocycles. The van der Waals surface area contributed by atoms with Crippen LogP contribution in [0.15, 0.2) is 18.2 Å². The van der Waals surface area contributed by atoms with Gasteiger partial charge in [0, 0.05) is 31.4 Å². The van der Waals surface area contributed by atoms with Crippen molar-refractivity contribution in [1.29, 1.82) is 0 Å². The highest BCUT2D eigenvalue weighted by molar-refractivity contribution is 5.57. The van der Waals surface area contributed by atoms with Crippen LogP contribution in [0.2, 0.25) is 0 Å². The quantitative estimate of drug-likeness (QED) is 0.920. The second-order valence-electron chi connectivity index (χ2n) is 6.24. The molecule has 20 heavy (non-hydrogen) atoms. The molecule has 0 amide bonds. The normalized spacial score (nSPS) is 26.2. The Bertz CT molecular complexity index is 460. The van der Waals surface area contributed by atoms with E-state index in [-0.39, 0.29) is 0 Å². The third-order valence-electron chi connectivity index (χ3n) is 5.14. The fourth-order valence-electron chi connectivity index (χ4n) is 3.96. The van der Waals surface area contributed by atoms with Crippen molar-refractivity contribution in [2.75, 3.05) is 25.1 Å². The summed E-state index contributed by atoms with van der Waals surface area (Å²) in [5.41, 5.74) is 8.44. The van der Waals surface area contributed by atoms with Crippen LogP contribution in [0.4, 0.5) is 5.69 Å². The summed E-state index contributed by atoms with van der Waals surface area (Å²) in [4.78, 5) is 2.54. The molecule has 0 bridgehead atoms. The lowest BCUT2D eigenvalue weighted by molar-refractivity contribution is 0.202. The van der Waals surface area contributed by atoms with Crippen molar-refractivity contribution in [3.8, 4) is 5.75 Å². The van der Waals surface area contributed by atoms with Gasteiger partial charge in [-0.15, -0.1) is 0 Å². The fraction of sp³-hybridized carbons (Fsp3) is 0.647. The van der Waals surface area contributed by atoms with Crippen LogP contribution in [0, 0.1) is 11.8 Å². The Kier molecular flexibility index (Phi) is 4.16. The van der Waals surface area contributed by atoms with E-state index in [0.717, 1.165) is 17.6 Å². The zero-order chi connectivity index (χ0) is 13.9. The molecule has 1 aromatic carbocycles. The molecule has 3 heteroatoms. The van der Waals surface area contributed by atoms with Gasteiger partial charge in [-0.05, 0) is 36.3 Å². The first-order valence-corrected chi connectivity index (χ1v) is 7.93. The van der Waals surface area contributed by atoms with Gasteiger partial charge in [-0.3, -0.25) is 0 Å². The first-order valence-electron chi connectivity index (χ1n) is 7.93. The van der Waals surface area contributed by atoms with Crippen LogP contribution in [0.1, 0.15) is 37.7 Å². The number of methoxy groups -OCH3 is 1. The number of nitrogens with two attached hydrogens (primary N) is 1. The predicted molar refractivity (Wildman–Crippen MR) is 83.2 cm³/mol. The molecule has 1 aliphatic carbocycles. The molecule has 2 aliphatic rings. The highest BCUT2D eigenvalue weighted by atomic mass is 16.5. The summed E-state index contributed by atoms with van der Waals surface area (Å²) >= 11 is 0. The number of fused-ring (bicyclic) bond motifs is 1. The molecule has 1 saturated heterocycles. The van der Waals surface area contributed by atoms with Crippen molar-refractivity contribution in [3.63, 3.8) is 0 Å². The first kappa shape index (κ1) is 13.7. The lowest BCUT2D eigenvalue weighted by atomic mass is 9.75. The summed E-state index contributed by atoms with van der Waals surface area (Å²) < 4.78 is 5.38. The van der Waals surface area contributed by atoms with Gasteiger partial charge in [-0.25, -0.2) is 0 Å². The number of piperidine rings is 1. The van der Waals surface area contributed by atoms with Gasteiger partial charge in [0.1, 0.15) is 5.75 Å². The van der Waals surface area contributed by atoms with E-state index in [9.17, 15) is 0 Å². The largest absolute Gasteiger partial charge is 0.497 e. The van der Waals surface area contributed by atoms with Crippen LogP contribution in [-0.2, 0) is 6.54 Å². The molecule has 110 valence electrons. The van der Waals surface area contributed by atoms with E-state index in [4.69, 9.17) is 10.5 Å². The zero-order valence-electron chi connectivity index (χ0n) is 12.5. The number of ether oxygens (including phenoxy) is 1. The number of benzene rings is 1. The van der Waals surface area contributed by atoms with E-state index in [2.05, 4.69) is 17.0 Å². The maximum atomic E-state index is 5.91. The molecule has 2 atom stereocenters. The van der Waals surface area contributed by atoms with Crippen molar-refractivity contribution >= 4 is 5.69 Å². The van der Waals surface area contributed by atoms with Crippen LogP contribution in [0.25, 0.3) is 0 Å².